The van der Waals surface area contributed by atoms with Gasteiger partial charge in [-0.3, -0.25) is 4.79 Å². The molecular weight excluding hydrogens is 338 g/mol. The standard InChI is InChI=1S/C20H18ClNOS/c1-14(16-7-4-8-18(21)11-16)22-20(23)13-24-19-10-9-15-5-2-3-6-17(15)12-19/h2-12,14H,13H2,1H3,(H,22,23)/t14-/m0/s1. The van der Waals surface area contributed by atoms with Crippen molar-refractivity contribution in [3.8, 4) is 0 Å². The Morgan fingerprint density at radius 1 is 1.04 bits per heavy atom. The third-order valence-corrected chi connectivity index (χ3v) is 5.05. The van der Waals surface area contributed by atoms with E-state index in [1.54, 1.807) is 11.8 Å². The van der Waals surface area contributed by atoms with Gasteiger partial charge in [0.15, 0.2) is 0 Å². The lowest BCUT2D eigenvalue weighted by atomic mass is 10.1. The zero-order valence-electron chi connectivity index (χ0n) is 13.3. The van der Waals surface area contributed by atoms with Crippen LogP contribution in [-0.2, 0) is 4.79 Å². The zero-order valence-corrected chi connectivity index (χ0v) is 14.9. The third kappa shape index (κ3) is 4.31. The van der Waals surface area contributed by atoms with Gasteiger partial charge in [-0.15, -0.1) is 11.8 Å². The molecule has 1 atom stereocenters. The van der Waals surface area contributed by atoms with Crippen molar-refractivity contribution in [2.45, 2.75) is 17.9 Å². The highest BCUT2D eigenvalue weighted by atomic mass is 35.5. The number of nitrogens with one attached hydrogen (secondary N) is 1. The van der Waals surface area contributed by atoms with E-state index in [0.717, 1.165) is 10.5 Å². The van der Waals surface area contributed by atoms with Gasteiger partial charge < -0.3 is 5.32 Å². The summed E-state index contributed by atoms with van der Waals surface area (Å²) in [6.07, 6.45) is 0. The van der Waals surface area contributed by atoms with Crippen molar-refractivity contribution in [2.24, 2.45) is 0 Å². The number of thioether (sulfide) groups is 1. The normalized spacial score (nSPS) is 12.1. The maximum atomic E-state index is 12.2. The fraction of sp³-hybridized carbons (Fsp3) is 0.150. The van der Waals surface area contributed by atoms with Crippen LogP contribution < -0.4 is 5.32 Å². The molecule has 1 amide bonds. The number of halogens is 1. The van der Waals surface area contributed by atoms with Gasteiger partial charge in [0.05, 0.1) is 11.8 Å². The number of amides is 1. The maximum absolute atomic E-state index is 12.2. The van der Waals surface area contributed by atoms with Gasteiger partial charge in [-0.05, 0) is 47.5 Å². The van der Waals surface area contributed by atoms with E-state index in [2.05, 4.69) is 35.6 Å². The highest BCUT2D eigenvalue weighted by molar-refractivity contribution is 8.00. The number of rotatable bonds is 5. The molecule has 0 aromatic heterocycles. The Labute approximate surface area is 151 Å². The van der Waals surface area contributed by atoms with Crippen LogP contribution in [0.2, 0.25) is 5.02 Å². The molecule has 0 bridgehead atoms. The molecule has 0 aliphatic carbocycles. The van der Waals surface area contributed by atoms with Gasteiger partial charge in [-0.1, -0.05) is 54.1 Å². The SMILES string of the molecule is C[C@H](NC(=O)CSc1ccc2ccccc2c1)c1cccc(Cl)c1. The maximum Gasteiger partial charge on any atom is 0.230 e. The summed E-state index contributed by atoms with van der Waals surface area (Å²) in [4.78, 5) is 13.3. The first-order valence-electron chi connectivity index (χ1n) is 7.78. The first-order valence-corrected chi connectivity index (χ1v) is 9.14. The minimum Gasteiger partial charge on any atom is -0.349 e. The summed E-state index contributed by atoms with van der Waals surface area (Å²) in [5.74, 6) is 0.407. The Balaban J connectivity index is 1.58. The highest BCUT2D eigenvalue weighted by Crippen LogP contribution is 2.24. The third-order valence-electron chi connectivity index (χ3n) is 3.82. The molecule has 0 spiro atoms. The summed E-state index contributed by atoms with van der Waals surface area (Å²) in [7, 11) is 0. The Kier molecular flexibility index (Phi) is 5.44. The van der Waals surface area contributed by atoms with Crippen molar-refractivity contribution in [3.05, 3.63) is 77.3 Å². The second-order valence-electron chi connectivity index (χ2n) is 5.64. The van der Waals surface area contributed by atoms with E-state index < -0.39 is 0 Å². The highest BCUT2D eigenvalue weighted by Gasteiger charge is 2.10. The molecule has 3 rings (SSSR count). The topological polar surface area (TPSA) is 29.1 Å². The fourth-order valence-corrected chi connectivity index (χ4v) is 3.50. The van der Waals surface area contributed by atoms with Gasteiger partial charge in [0, 0.05) is 9.92 Å². The number of hydrogen-bond donors (Lipinski definition) is 1. The van der Waals surface area contributed by atoms with E-state index in [0.29, 0.717) is 10.8 Å². The molecule has 2 nitrogen and oxygen atoms in total. The summed E-state index contributed by atoms with van der Waals surface area (Å²) in [5.41, 5.74) is 1.01. The van der Waals surface area contributed by atoms with Crippen LogP contribution in [0.15, 0.2) is 71.6 Å². The average molecular weight is 356 g/mol. The lowest BCUT2D eigenvalue weighted by Gasteiger charge is -2.14. The van der Waals surface area contributed by atoms with E-state index in [1.807, 2.05) is 43.3 Å². The summed E-state index contributed by atoms with van der Waals surface area (Å²) in [6.45, 7) is 1.96. The van der Waals surface area contributed by atoms with E-state index in [-0.39, 0.29) is 11.9 Å². The minimum atomic E-state index is -0.0617. The fourth-order valence-electron chi connectivity index (χ4n) is 2.55. The Hall–Kier alpha value is -1.97. The summed E-state index contributed by atoms with van der Waals surface area (Å²) >= 11 is 7.54. The predicted molar refractivity (Wildman–Crippen MR) is 103 cm³/mol. The summed E-state index contributed by atoms with van der Waals surface area (Å²) in [5, 5.41) is 6.09. The van der Waals surface area contributed by atoms with E-state index in [1.165, 1.54) is 10.8 Å². The number of fused-ring (bicyclic) bond motifs is 1. The van der Waals surface area contributed by atoms with Crippen LogP contribution in [0.25, 0.3) is 10.8 Å². The van der Waals surface area contributed by atoms with E-state index in [9.17, 15) is 4.79 Å². The number of carbonyl (C=O) groups excluding carboxylic acids is 1. The van der Waals surface area contributed by atoms with Gasteiger partial charge in [0.1, 0.15) is 0 Å². The molecule has 0 aliphatic rings. The van der Waals surface area contributed by atoms with Crippen molar-refractivity contribution >= 4 is 40.0 Å². The van der Waals surface area contributed by atoms with Crippen molar-refractivity contribution in [1.82, 2.24) is 5.32 Å². The summed E-state index contributed by atoms with van der Waals surface area (Å²) < 4.78 is 0. The van der Waals surface area contributed by atoms with Crippen molar-refractivity contribution in [3.63, 3.8) is 0 Å². The van der Waals surface area contributed by atoms with Crippen molar-refractivity contribution < 1.29 is 4.79 Å². The molecule has 3 aromatic rings. The monoisotopic (exact) mass is 355 g/mol. The molecule has 24 heavy (non-hydrogen) atoms. The molecule has 3 aromatic carbocycles. The number of carbonyl (C=O) groups is 1. The number of hydrogen-bond acceptors (Lipinski definition) is 2. The molecule has 0 fully saturated rings. The lowest BCUT2D eigenvalue weighted by molar-refractivity contribution is -0.119. The van der Waals surface area contributed by atoms with Crippen LogP contribution in [0.3, 0.4) is 0 Å². The zero-order chi connectivity index (χ0) is 16.9. The second kappa shape index (κ2) is 7.73. The predicted octanol–water partition coefficient (Wildman–Crippen LogP) is 5.46. The van der Waals surface area contributed by atoms with Crippen molar-refractivity contribution in [2.75, 3.05) is 5.75 Å². The molecule has 122 valence electrons. The van der Waals surface area contributed by atoms with Crippen LogP contribution in [0, 0.1) is 0 Å². The smallest absolute Gasteiger partial charge is 0.230 e. The van der Waals surface area contributed by atoms with Crippen LogP contribution >= 0.6 is 23.4 Å². The Morgan fingerprint density at radius 3 is 2.62 bits per heavy atom. The number of benzene rings is 3. The Morgan fingerprint density at radius 2 is 1.83 bits per heavy atom. The molecule has 0 radical (unpaired) electrons. The van der Waals surface area contributed by atoms with Crippen molar-refractivity contribution in [1.29, 1.82) is 0 Å². The largest absolute Gasteiger partial charge is 0.349 e. The molecule has 0 saturated heterocycles. The molecular formula is C20H18ClNOS. The van der Waals surface area contributed by atoms with Crippen LogP contribution in [0.4, 0.5) is 0 Å². The molecule has 0 aliphatic heterocycles. The van der Waals surface area contributed by atoms with Gasteiger partial charge >= 0.3 is 0 Å². The van der Waals surface area contributed by atoms with Gasteiger partial charge in [0.2, 0.25) is 5.91 Å². The molecule has 0 unspecified atom stereocenters. The van der Waals surface area contributed by atoms with Gasteiger partial charge in [-0.2, -0.15) is 0 Å². The molecule has 4 heteroatoms. The van der Waals surface area contributed by atoms with Crippen LogP contribution in [-0.4, -0.2) is 11.7 Å². The van der Waals surface area contributed by atoms with Gasteiger partial charge in [0.25, 0.3) is 0 Å². The van der Waals surface area contributed by atoms with Crippen LogP contribution in [0.5, 0.6) is 0 Å². The quantitative estimate of drug-likeness (QED) is 0.615. The molecule has 0 heterocycles. The average Bonchev–Trinajstić information content (AvgIpc) is 2.59. The first-order chi connectivity index (χ1) is 11.6. The minimum absolute atomic E-state index is 0.0145. The van der Waals surface area contributed by atoms with E-state index >= 15 is 0 Å². The summed E-state index contributed by atoms with van der Waals surface area (Å²) in [6, 6.07) is 22.0. The lowest BCUT2D eigenvalue weighted by Crippen LogP contribution is -2.28. The second-order valence-corrected chi connectivity index (χ2v) is 7.13. The first kappa shape index (κ1) is 16.9. The van der Waals surface area contributed by atoms with Gasteiger partial charge in [-0.25, -0.2) is 0 Å². The van der Waals surface area contributed by atoms with E-state index in [4.69, 9.17) is 11.6 Å². The van der Waals surface area contributed by atoms with Crippen LogP contribution in [0.1, 0.15) is 18.5 Å². The molecule has 1 N–H and O–H groups in total. The Bertz CT molecular complexity index is 865. The molecule has 0 saturated carbocycles.